The Kier molecular flexibility index (Phi) is 10.0. The molecule has 2 rings (SSSR count). The molecule has 8 heteroatoms. The average molecular weight is 436 g/mol. The number of nitrogens with zero attached hydrogens (tertiary/aromatic N) is 2. The molecular formula is C22H27ClFN3O3. The van der Waals surface area contributed by atoms with Crippen molar-refractivity contribution in [1.82, 2.24) is 9.55 Å². The van der Waals surface area contributed by atoms with Crippen LogP contribution in [0.5, 0.6) is 5.75 Å². The third-order valence-corrected chi connectivity index (χ3v) is 4.43. The molecule has 0 aliphatic carbocycles. The number of aromatic nitrogens is 2. The van der Waals surface area contributed by atoms with Crippen molar-refractivity contribution in [2.45, 2.75) is 27.3 Å². The molecule has 162 valence electrons. The first kappa shape index (κ1) is 25.1. The van der Waals surface area contributed by atoms with E-state index in [4.69, 9.17) is 21.4 Å². The summed E-state index contributed by atoms with van der Waals surface area (Å²) in [7, 11) is 2.40. The summed E-state index contributed by atoms with van der Waals surface area (Å²) in [5, 5.41) is 10.2. The van der Waals surface area contributed by atoms with Gasteiger partial charge in [-0.3, -0.25) is 4.79 Å². The number of methoxy groups -OCH3 is 1. The Hall–Kier alpha value is -2.90. The number of ether oxygens (including phenoxy) is 1. The maximum absolute atomic E-state index is 13.5. The van der Waals surface area contributed by atoms with Crippen LogP contribution >= 0.6 is 11.6 Å². The van der Waals surface area contributed by atoms with Gasteiger partial charge in [-0.15, -0.1) is 0 Å². The number of hydrogen-bond acceptors (Lipinski definition) is 5. The van der Waals surface area contributed by atoms with Gasteiger partial charge in [0.25, 0.3) is 0 Å². The fourth-order valence-corrected chi connectivity index (χ4v) is 2.65. The molecule has 0 aliphatic rings. The van der Waals surface area contributed by atoms with E-state index in [1.807, 2.05) is 32.9 Å². The summed E-state index contributed by atoms with van der Waals surface area (Å²) in [5.41, 5.74) is 2.83. The predicted molar refractivity (Wildman–Crippen MR) is 120 cm³/mol. The zero-order valence-electron chi connectivity index (χ0n) is 17.8. The molecule has 1 heterocycles. The number of aliphatic hydroxyl groups is 1. The summed E-state index contributed by atoms with van der Waals surface area (Å²) < 4.78 is 20.3. The van der Waals surface area contributed by atoms with E-state index >= 15 is 0 Å². The molecular weight excluding hydrogens is 409 g/mol. The van der Waals surface area contributed by atoms with Crippen LogP contribution < -0.4 is 15.6 Å². The van der Waals surface area contributed by atoms with Gasteiger partial charge < -0.3 is 19.7 Å². The molecule has 0 amide bonds. The Bertz CT molecular complexity index is 1010. The van der Waals surface area contributed by atoms with Crippen molar-refractivity contribution in [3.63, 3.8) is 0 Å². The molecule has 0 unspecified atom stereocenters. The monoisotopic (exact) mass is 435 g/mol. The van der Waals surface area contributed by atoms with Gasteiger partial charge in [0.15, 0.2) is 0 Å². The topological polar surface area (TPSA) is 76.4 Å². The Morgan fingerprint density at radius 1 is 1.40 bits per heavy atom. The van der Waals surface area contributed by atoms with Gasteiger partial charge in [0.2, 0.25) is 11.7 Å². The molecule has 2 aromatic rings. The van der Waals surface area contributed by atoms with Gasteiger partial charge in [-0.25, -0.2) is 4.39 Å². The van der Waals surface area contributed by atoms with Crippen molar-refractivity contribution in [3.05, 3.63) is 86.7 Å². The summed E-state index contributed by atoms with van der Waals surface area (Å²) >= 11 is 5.89. The van der Waals surface area contributed by atoms with Crippen LogP contribution in [-0.2, 0) is 6.54 Å². The lowest BCUT2D eigenvalue weighted by Crippen LogP contribution is -2.20. The Morgan fingerprint density at radius 2 is 2.07 bits per heavy atom. The van der Waals surface area contributed by atoms with Crippen LogP contribution in [0.25, 0.3) is 0 Å². The van der Waals surface area contributed by atoms with E-state index < -0.39 is 11.4 Å². The highest BCUT2D eigenvalue weighted by Gasteiger charge is 2.12. The van der Waals surface area contributed by atoms with E-state index in [9.17, 15) is 9.18 Å². The number of benzene rings is 1. The Labute approximate surface area is 181 Å². The SMILES string of the molecule is C=C(C)/C(C)=C(\C=C/C)Nc1nc(=O)c(OC)cn1Cc1ccc(F)c(Cl)c1.CO. The van der Waals surface area contributed by atoms with Crippen molar-refractivity contribution < 1.29 is 14.2 Å². The summed E-state index contributed by atoms with van der Waals surface area (Å²) in [6.45, 7) is 9.99. The van der Waals surface area contributed by atoms with Gasteiger partial charge in [0.05, 0.1) is 24.9 Å². The maximum Gasteiger partial charge on any atom is 0.316 e. The van der Waals surface area contributed by atoms with E-state index in [0.717, 1.165) is 29.5 Å². The molecule has 1 aromatic heterocycles. The molecule has 0 aliphatic heterocycles. The third kappa shape index (κ3) is 6.57. The highest BCUT2D eigenvalue weighted by atomic mass is 35.5. The van der Waals surface area contributed by atoms with Gasteiger partial charge in [-0.2, -0.15) is 4.98 Å². The molecule has 1 aromatic carbocycles. The fraction of sp³-hybridized carbons (Fsp3) is 0.273. The lowest BCUT2D eigenvalue weighted by atomic mass is 10.1. The second kappa shape index (κ2) is 11.9. The molecule has 30 heavy (non-hydrogen) atoms. The van der Waals surface area contributed by atoms with Gasteiger partial charge in [-0.1, -0.05) is 35.9 Å². The number of hydrogen-bond donors (Lipinski definition) is 2. The molecule has 0 fully saturated rings. The van der Waals surface area contributed by atoms with Crippen LogP contribution in [0.3, 0.4) is 0 Å². The average Bonchev–Trinajstić information content (AvgIpc) is 2.73. The third-order valence-electron chi connectivity index (χ3n) is 4.14. The summed E-state index contributed by atoms with van der Waals surface area (Å²) in [5.74, 6) is -0.0679. The highest BCUT2D eigenvalue weighted by molar-refractivity contribution is 6.30. The largest absolute Gasteiger partial charge is 0.490 e. The molecule has 6 nitrogen and oxygen atoms in total. The van der Waals surface area contributed by atoms with Crippen molar-refractivity contribution in [1.29, 1.82) is 0 Å². The van der Waals surface area contributed by atoms with E-state index in [1.54, 1.807) is 16.8 Å². The molecule has 0 spiro atoms. The fourth-order valence-electron chi connectivity index (χ4n) is 2.45. The first-order valence-corrected chi connectivity index (χ1v) is 9.45. The van der Waals surface area contributed by atoms with Crippen molar-refractivity contribution >= 4 is 17.5 Å². The van der Waals surface area contributed by atoms with Crippen molar-refractivity contribution in [2.75, 3.05) is 19.5 Å². The lowest BCUT2D eigenvalue weighted by Gasteiger charge is -2.17. The lowest BCUT2D eigenvalue weighted by molar-refractivity contribution is 0.399. The number of halogens is 2. The van der Waals surface area contributed by atoms with Gasteiger partial charge in [0.1, 0.15) is 5.82 Å². The van der Waals surface area contributed by atoms with E-state index in [1.165, 1.54) is 19.2 Å². The zero-order chi connectivity index (χ0) is 22.8. The van der Waals surface area contributed by atoms with Crippen molar-refractivity contribution in [2.24, 2.45) is 0 Å². The van der Waals surface area contributed by atoms with Crippen molar-refractivity contribution in [3.8, 4) is 5.75 Å². The first-order valence-electron chi connectivity index (χ1n) is 9.07. The standard InChI is InChI=1S/C21H23ClFN3O2.CH4O/c1-6-7-18(14(4)13(2)3)24-21-25-20(27)19(28-5)12-26(21)11-15-8-9-17(23)16(22)10-15;1-2/h6-10,12H,2,11H2,1,3-5H3,(H,24,25,27);2H,1H3/b7-6-,18-14+;. The normalized spacial score (nSPS) is 11.5. The minimum atomic E-state index is -0.494. The summed E-state index contributed by atoms with van der Waals surface area (Å²) in [4.78, 5) is 16.3. The van der Waals surface area contributed by atoms with Crippen LogP contribution in [0.2, 0.25) is 5.02 Å². The molecule has 0 radical (unpaired) electrons. The number of nitrogens with one attached hydrogen (secondary N) is 1. The summed E-state index contributed by atoms with van der Waals surface area (Å²) in [6, 6.07) is 4.46. The number of rotatable bonds is 7. The van der Waals surface area contributed by atoms with Crippen LogP contribution in [0.1, 0.15) is 26.3 Å². The number of anilines is 1. The van der Waals surface area contributed by atoms with E-state index in [2.05, 4.69) is 16.9 Å². The molecule has 0 saturated carbocycles. The van der Waals surface area contributed by atoms with Crippen LogP contribution in [0.15, 0.2) is 64.8 Å². The molecule has 2 N–H and O–H groups in total. The van der Waals surface area contributed by atoms with Gasteiger partial charge >= 0.3 is 5.56 Å². The number of aliphatic hydroxyl groups excluding tert-OH is 1. The second-order valence-electron chi connectivity index (χ2n) is 6.26. The minimum absolute atomic E-state index is 0.0283. The predicted octanol–water partition coefficient (Wildman–Crippen LogP) is 4.54. The van der Waals surface area contributed by atoms with E-state index in [0.29, 0.717) is 12.5 Å². The molecule has 0 saturated heterocycles. The van der Waals surface area contributed by atoms with Gasteiger partial charge in [0, 0.05) is 12.8 Å². The Morgan fingerprint density at radius 3 is 2.60 bits per heavy atom. The van der Waals surface area contributed by atoms with E-state index in [-0.39, 0.29) is 10.8 Å². The zero-order valence-corrected chi connectivity index (χ0v) is 18.5. The highest BCUT2D eigenvalue weighted by Crippen LogP contribution is 2.20. The number of allylic oxidation sites excluding steroid dienone is 4. The quantitative estimate of drug-likeness (QED) is 0.624. The first-order chi connectivity index (χ1) is 14.3. The van der Waals surface area contributed by atoms with Crippen LogP contribution in [0.4, 0.5) is 10.3 Å². The second-order valence-corrected chi connectivity index (χ2v) is 6.67. The Balaban J connectivity index is 0.00000218. The van der Waals surface area contributed by atoms with Crippen LogP contribution in [0, 0.1) is 5.82 Å². The van der Waals surface area contributed by atoms with Crippen LogP contribution in [-0.4, -0.2) is 28.9 Å². The molecule has 0 atom stereocenters. The summed E-state index contributed by atoms with van der Waals surface area (Å²) in [6.07, 6.45) is 5.30. The van der Waals surface area contributed by atoms with Gasteiger partial charge in [-0.05, 0) is 50.1 Å². The molecule has 0 bridgehead atoms. The smallest absolute Gasteiger partial charge is 0.316 e. The maximum atomic E-state index is 13.5. The minimum Gasteiger partial charge on any atom is -0.490 e.